The second-order valence-corrected chi connectivity index (χ2v) is 5.65. The molecule has 1 fully saturated rings. The highest BCUT2D eigenvalue weighted by Gasteiger charge is 2.34. The molecule has 2 heteroatoms. The number of rotatable bonds is 2. The standard InChI is InChI=1S/C15H27NO/c1-2-16-12-10-15(17,11-13-16)14-8-6-4-3-5-7-9-14/h8,17H,2-7,9-13H2,1H3. The fourth-order valence-electron chi connectivity index (χ4n) is 3.17. The Bertz CT molecular complexity index is 264. The van der Waals surface area contributed by atoms with E-state index in [0.717, 1.165) is 38.9 Å². The second-order valence-electron chi connectivity index (χ2n) is 5.65. The van der Waals surface area contributed by atoms with Crippen LogP contribution in [0.1, 0.15) is 58.3 Å². The fourth-order valence-corrected chi connectivity index (χ4v) is 3.17. The van der Waals surface area contributed by atoms with Crippen LogP contribution in [0.4, 0.5) is 0 Å². The summed E-state index contributed by atoms with van der Waals surface area (Å²) in [5.41, 5.74) is 0.885. The lowest BCUT2D eigenvalue weighted by Gasteiger charge is -2.40. The summed E-state index contributed by atoms with van der Waals surface area (Å²) < 4.78 is 0. The maximum Gasteiger partial charge on any atom is 0.0881 e. The first-order chi connectivity index (χ1) is 8.24. The van der Waals surface area contributed by atoms with E-state index in [4.69, 9.17) is 0 Å². The molecule has 2 aliphatic rings. The molecule has 0 saturated carbocycles. The molecule has 0 amide bonds. The van der Waals surface area contributed by atoms with Crippen molar-refractivity contribution in [2.75, 3.05) is 19.6 Å². The SMILES string of the molecule is CCN1CCC(O)(C2=CCCCCCC2)CC1. The zero-order valence-electron chi connectivity index (χ0n) is 11.2. The molecule has 0 aromatic heterocycles. The minimum absolute atomic E-state index is 0.469. The van der Waals surface area contributed by atoms with Gasteiger partial charge in [-0.3, -0.25) is 0 Å². The van der Waals surface area contributed by atoms with Crippen molar-refractivity contribution in [2.45, 2.75) is 63.9 Å². The lowest BCUT2D eigenvalue weighted by atomic mass is 9.80. The number of nitrogens with zero attached hydrogens (tertiary/aromatic N) is 1. The third-order valence-corrected chi connectivity index (χ3v) is 4.52. The van der Waals surface area contributed by atoms with Gasteiger partial charge in [-0.05, 0) is 50.6 Å². The first-order valence-corrected chi connectivity index (χ1v) is 7.39. The summed E-state index contributed by atoms with van der Waals surface area (Å²) in [6.07, 6.45) is 11.8. The molecule has 1 heterocycles. The minimum atomic E-state index is -0.469. The van der Waals surface area contributed by atoms with E-state index in [-0.39, 0.29) is 0 Å². The van der Waals surface area contributed by atoms with Crippen LogP contribution in [-0.4, -0.2) is 35.2 Å². The lowest BCUT2D eigenvalue weighted by molar-refractivity contribution is 0.00764. The van der Waals surface area contributed by atoms with Crippen LogP contribution >= 0.6 is 0 Å². The number of aliphatic hydroxyl groups is 1. The van der Waals surface area contributed by atoms with Crippen LogP contribution in [0.2, 0.25) is 0 Å². The monoisotopic (exact) mass is 237 g/mol. The van der Waals surface area contributed by atoms with Gasteiger partial charge in [0.25, 0.3) is 0 Å². The molecule has 0 unspecified atom stereocenters. The molecule has 1 N–H and O–H groups in total. The van der Waals surface area contributed by atoms with E-state index in [0.29, 0.717) is 0 Å². The Balaban J connectivity index is 1.99. The highest BCUT2D eigenvalue weighted by molar-refractivity contribution is 5.18. The molecular weight excluding hydrogens is 210 g/mol. The Morgan fingerprint density at radius 3 is 2.59 bits per heavy atom. The Morgan fingerprint density at radius 2 is 1.88 bits per heavy atom. The maximum absolute atomic E-state index is 10.8. The minimum Gasteiger partial charge on any atom is -0.385 e. The molecule has 0 spiro atoms. The van der Waals surface area contributed by atoms with Crippen molar-refractivity contribution in [1.82, 2.24) is 4.90 Å². The van der Waals surface area contributed by atoms with Gasteiger partial charge in [0, 0.05) is 13.1 Å². The van der Waals surface area contributed by atoms with Crippen LogP contribution in [0.3, 0.4) is 0 Å². The van der Waals surface area contributed by atoms with Gasteiger partial charge in [0.15, 0.2) is 0 Å². The van der Waals surface area contributed by atoms with Gasteiger partial charge in [-0.1, -0.05) is 25.8 Å². The van der Waals surface area contributed by atoms with Crippen LogP contribution in [-0.2, 0) is 0 Å². The van der Waals surface area contributed by atoms with Crippen molar-refractivity contribution in [3.8, 4) is 0 Å². The maximum atomic E-state index is 10.8. The average Bonchev–Trinajstić information content (AvgIpc) is 2.29. The third kappa shape index (κ3) is 3.32. The summed E-state index contributed by atoms with van der Waals surface area (Å²) in [5.74, 6) is 0. The molecule has 2 nitrogen and oxygen atoms in total. The normalized spacial score (nSPS) is 27.1. The van der Waals surface area contributed by atoms with Crippen molar-refractivity contribution < 1.29 is 5.11 Å². The molecule has 0 aromatic carbocycles. The molecule has 1 aliphatic carbocycles. The first-order valence-electron chi connectivity index (χ1n) is 7.39. The summed E-state index contributed by atoms with van der Waals surface area (Å²) in [6, 6.07) is 0. The van der Waals surface area contributed by atoms with Crippen LogP contribution < -0.4 is 0 Å². The number of likely N-dealkylation sites (tertiary alicyclic amines) is 1. The summed E-state index contributed by atoms with van der Waals surface area (Å²) in [4.78, 5) is 2.44. The predicted octanol–water partition coefficient (Wildman–Crippen LogP) is 3.11. The van der Waals surface area contributed by atoms with Gasteiger partial charge in [0.1, 0.15) is 0 Å². The fraction of sp³-hybridized carbons (Fsp3) is 0.867. The van der Waals surface area contributed by atoms with Crippen molar-refractivity contribution >= 4 is 0 Å². The molecule has 0 radical (unpaired) electrons. The van der Waals surface area contributed by atoms with Gasteiger partial charge in [0.05, 0.1) is 5.60 Å². The van der Waals surface area contributed by atoms with Crippen LogP contribution in [0, 0.1) is 0 Å². The topological polar surface area (TPSA) is 23.5 Å². The van der Waals surface area contributed by atoms with E-state index in [1.807, 2.05) is 0 Å². The van der Waals surface area contributed by atoms with E-state index in [9.17, 15) is 5.11 Å². The van der Waals surface area contributed by atoms with Crippen molar-refractivity contribution in [3.63, 3.8) is 0 Å². The van der Waals surface area contributed by atoms with Crippen LogP contribution in [0.15, 0.2) is 11.6 Å². The van der Waals surface area contributed by atoms with Crippen LogP contribution in [0.5, 0.6) is 0 Å². The Hall–Kier alpha value is -0.340. The van der Waals surface area contributed by atoms with E-state index in [2.05, 4.69) is 17.9 Å². The molecule has 2 rings (SSSR count). The number of piperidine rings is 1. The predicted molar refractivity (Wildman–Crippen MR) is 72.1 cm³/mol. The summed E-state index contributed by atoms with van der Waals surface area (Å²) in [5, 5.41) is 10.8. The van der Waals surface area contributed by atoms with Crippen LogP contribution in [0.25, 0.3) is 0 Å². The molecule has 17 heavy (non-hydrogen) atoms. The smallest absolute Gasteiger partial charge is 0.0881 e. The van der Waals surface area contributed by atoms with Gasteiger partial charge >= 0.3 is 0 Å². The Labute approximate surface area is 106 Å². The Kier molecular flexibility index (Phi) is 4.63. The van der Waals surface area contributed by atoms with Gasteiger partial charge in [-0.2, -0.15) is 0 Å². The highest BCUT2D eigenvalue weighted by atomic mass is 16.3. The third-order valence-electron chi connectivity index (χ3n) is 4.52. The number of hydrogen-bond donors (Lipinski definition) is 1. The molecule has 0 aromatic rings. The molecule has 1 saturated heterocycles. The van der Waals surface area contributed by atoms with Gasteiger partial charge in [-0.15, -0.1) is 0 Å². The lowest BCUT2D eigenvalue weighted by Crippen LogP contribution is -2.45. The summed E-state index contributed by atoms with van der Waals surface area (Å²) in [7, 11) is 0. The largest absolute Gasteiger partial charge is 0.385 e. The number of allylic oxidation sites excluding steroid dienone is 1. The molecule has 1 aliphatic heterocycles. The zero-order valence-corrected chi connectivity index (χ0v) is 11.2. The summed E-state index contributed by atoms with van der Waals surface area (Å²) in [6.45, 7) is 5.45. The number of hydrogen-bond acceptors (Lipinski definition) is 2. The molecular formula is C15H27NO. The zero-order chi connectivity index (χ0) is 12.1. The summed E-state index contributed by atoms with van der Waals surface area (Å²) >= 11 is 0. The van der Waals surface area contributed by atoms with E-state index >= 15 is 0 Å². The van der Waals surface area contributed by atoms with Crippen molar-refractivity contribution in [2.24, 2.45) is 0 Å². The Morgan fingerprint density at radius 1 is 1.18 bits per heavy atom. The van der Waals surface area contributed by atoms with Gasteiger partial charge < -0.3 is 10.0 Å². The van der Waals surface area contributed by atoms with E-state index in [1.165, 1.54) is 37.7 Å². The first kappa shape index (κ1) is 13.1. The van der Waals surface area contributed by atoms with Gasteiger partial charge in [0.2, 0.25) is 0 Å². The van der Waals surface area contributed by atoms with E-state index in [1.54, 1.807) is 0 Å². The molecule has 0 bridgehead atoms. The second kappa shape index (κ2) is 6.01. The van der Waals surface area contributed by atoms with Crippen molar-refractivity contribution in [3.05, 3.63) is 11.6 Å². The van der Waals surface area contributed by atoms with E-state index < -0.39 is 5.60 Å². The quantitative estimate of drug-likeness (QED) is 0.746. The highest BCUT2D eigenvalue weighted by Crippen LogP contribution is 2.34. The molecule has 0 atom stereocenters. The van der Waals surface area contributed by atoms with Crippen molar-refractivity contribution in [1.29, 1.82) is 0 Å². The average molecular weight is 237 g/mol. The molecule has 98 valence electrons. The van der Waals surface area contributed by atoms with Gasteiger partial charge in [-0.25, -0.2) is 0 Å².